The van der Waals surface area contributed by atoms with E-state index in [0.29, 0.717) is 19.6 Å². The third-order valence-corrected chi connectivity index (χ3v) is 17.6. The van der Waals surface area contributed by atoms with E-state index in [-0.39, 0.29) is 36.0 Å². The van der Waals surface area contributed by atoms with Crippen molar-refractivity contribution in [3.8, 4) is 5.75 Å². The van der Waals surface area contributed by atoms with Crippen LogP contribution < -0.4 is 29.9 Å². The summed E-state index contributed by atoms with van der Waals surface area (Å²) in [5.41, 5.74) is 2.87. The fourth-order valence-corrected chi connectivity index (χ4v) is 14.4. The van der Waals surface area contributed by atoms with Crippen LogP contribution >= 0.6 is 15.9 Å². The summed E-state index contributed by atoms with van der Waals surface area (Å²) in [5.74, 6) is 0.722. The third-order valence-electron chi connectivity index (χ3n) is 12.7. The zero-order valence-corrected chi connectivity index (χ0v) is 34.0. The number of fused-ring (bicyclic) bond motifs is 2. The van der Waals surface area contributed by atoms with Gasteiger partial charge in [-0.2, -0.15) is 0 Å². The van der Waals surface area contributed by atoms with Crippen molar-refractivity contribution in [2.75, 3.05) is 48.2 Å². The number of benzene rings is 4. The van der Waals surface area contributed by atoms with Crippen LogP contribution in [0.2, 0.25) is 18.6 Å². The van der Waals surface area contributed by atoms with Crippen LogP contribution in [0, 0.1) is 5.92 Å². The minimum Gasteiger partial charge on any atom is -0.497 e. The van der Waals surface area contributed by atoms with E-state index < -0.39 is 19.2 Å². The van der Waals surface area contributed by atoms with Gasteiger partial charge in [-0.1, -0.05) is 83.6 Å². The van der Waals surface area contributed by atoms with E-state index in [1.54, 1.807) is 7.11 Å². The van der Waals surface area contributed by atoms with Crippen molar-refractivity contribution in [3.63, 3.8) is 0 Å². The van der Waals surface area contributed by atoms with Crippen molar-refractivity contribution in [3.05, 3.63) is 113 Å². The van der Waals surface area contributed by atoms with Crippen molar-refractivity contribution in [1.82, 2.24) is 5.32 Å². The maximum atomic E-state index is 15.1. The van der Waals surface area contributed by atoms with Crippen molar-refractivity contribution in [1.29, 1.82) is 0 Å². The maximum absolute atomic E-state index is 15.1. The molecule has 54 heavy (non-hydrogen) atoms. The van der Waals surface area contributed by atoms with E-state index in [1.807, 2.05) is 82.6 Å². The number of aliphatic hydroxyl groups excluding tert-OH is 1. The first-order valence-corrected chi connectivity index (χ1v) is 22.9. The quantitative estimate of drug-likeness (QED) is 0.186. The molecule has 0 radical (unpaired) electrons. The van der Waals surface area contributed by atoms with Gasteiger partial charge in [-0.15, -0.1) is 0 Å². The first-order chi connectivity index (χ1) is 26.0. The number of carbonyl (C=O) groups excluding carboxylic acids is 2. The average Bonchev–Trinajstić information content (AvgIpc) is 3.73. The predicted octanol–water partition coefficient (Wildman–Crippen LogP) is 6.54. The molecule has 4 atom stereocenters. The number of carbonyl (C=O) groups is 2. The lowest BCUT2D eigenvalue weighted by Gasteiger charge is -2.39. The molecule has 4 aromatic rings. The number of rotatable bonds is 9. The SMILES string of the molecule is COc1ccc([Si](C)(C)[C@@H]2[C@@H](CCO)O[C@]3(C(=O)N(Cc4ccc(N5CN(c6ccccc6)C6(CCNCC6)C5=O)cc4)c4ccc(Br)cc43)[C@H]2C)cc1. The van der Waals surface area contributed by atoms with Crippen LogP contribution in [0.1, 0.15) is 37.3 Å². The van der Waals surface area contributed by atoms with Crippen molar-refractivity contribution < 1.29 is 24.2 Å². The van der Waals surface area contributed by atoms with Gasteiger partial charge in [0.15, 0.2) is 5.60 Å². The van der Waals surface area contributed by atoms with Crippen LogP contribution in [0.3, 0.4) is 0 Å². The molecular weight excluding hydrogens is 760 g/mol. The van der Waals surface area contributed by atoms with Crippen LogP contribution in [-0.2, 0) is 26.5 Å². The molecule has 2 amide bonds. The Morgan fingerprint density at radius 1 is 0.926 bits per heavy atom. The lowest BCUT2D eigenvalue weighted by atomic mass is 9.82. The lowest BCUT2D eigenvalue weighted by molar-refractivity contribution is -0.146. The van der Waals surface area contributed by atoms with Gasteiger partial charge in [0.25, 0.3) is 11.8 Å². The normalized spacial score (nSPS) is 24.9. The fraction of sp³-hybridized carbons (Fsp3) is 0.395. The number of hydrogen-bond acceptors (Lipinski definition) is 7. The molecular formula is C43H49BrN4O5Si. The zero-order valence-electron chi connectivity index (χ0n) is 31.4. The zero-order chi connectivity index (χ0) is 37.8. The molecule has 4 heterocycles. The minimum absolute atomic E-state index is 0.0205. The Kier molecular flexibility index (Phi) is 9.75. The monoisotopic (exact) mass is 808 g/mol. The summed E-state index contributed by atoms with van der Waals surface area (Å²) in [6.45, 7) is 9.29. The highest BCUT2D eigenvalue weighted by Crippen LogP contribution is 2.60. The van der Waals surface area contributed by atoms with Crippen molar-refractivity contribution in [2.24, 2.45) is 5.92 Å². The number of halogens is 1. The standard InChI is InChI=1S/C43H49BrN4O5Si/c1-29-39(54(3,4)35-17-15-34(52-2)16-18-35)38(20-25-49)53-43(29)36-26-31(44)12-19-37(36)46(41(43)51)27-30-10-13-32(14-11-30)47-28-48(33-8-6-5-7-9-33)42(40(47)50)21-23-45-24-22-42/h5-19,26,29,38-39,45,49H,20-25,27-28H2,1-4H3/t29-,38+,39-,43+/m0/s1. The van der Waals surface area contributed by atoms with E-state index in [9.17, 15) is 9.90 Å². The van der Waals surface area contributed by atoms with E-state index in [0.717, 1.165) is 64.3 Å². The summed E-state index contributed by atoms with van der Waals surface area (Å²) < 4.78 is 13.4. The molecule has 3 fully saturated rings. The summed E-state index contributed by atoms with van der Waals surface area (Å²) in [6.07, 6.45) is 1.67. The number of methoxy groups -OCH3 is 1. The molecule has 0 unspecified atom stereocenters. The Hall–Kier alpha value is -4.00. The van der Waals surface area contributed by atoms with E-state index in [1.165, 1.54) is 5.19 Å². The Bertz CT molecular complexity index is 2020. The molecule has 9 nitrogen and oxygen atoms in total. The molecule has 0 aromatic heterocycles. The van der Waals surface area contributed by atoms with Gasteiger partial charge in [-0.25, -0.2) is 0 Å². The summed E-state index contributed by atoms with van der Waals surface area (Å²) in [4.78, 5) is 35.4. The number of piperidine rings is 1. The maximum Gasteiger partial charge on any atom is 0.264 e. The number of nitrogens with one attached hydrogen (secondary N) is 1. The molecule has 0 saturated carbocycles. The summed E-state index contributed by atoms with van der Waals surface area (Å²) in [6, 6.07) is 32.7. The first-order valence-electron chi connectivity index (χ1n) is 19.0. The molecule has 0 aliphatic carbocycles. The van der Waals surface area contributed by atoms with Gasteiger partial charge in [0.2, 0.25) is 0 Å². The molecule has 4 aliphatic rings. The Labute approximate surface area is 327 Å². The Balaban J connectivity index is 1.09. The second kappa shape index (κ2) is 14.3. The summed E-state index contributed by atoms with van der Waals surface area (Å²) >= 11 is 3.70. The molecule has 282 valence electrons. The fourth-order valence-electron chi connectivity index (χ4n) is 9.97. The molecule has 2 N–H and O–H groups in total. The molecule has 11 heteroatoms. The largest absolute Gasteiger partial charge is 0.497 e. The highest BCUT2D eigenvalue weighted by Gasteiger charge is 2.66. The molecule has 0 bridgehead atoms. The second-order valence-corrected chi connectivity index (χ2v) is 21.4. The van der Waals surface area contributed by atoms with Gasteiger partial charge >= 0.3 is 0 Å². The van der Waals surface area contributed by atoms with Crippen molar-refractivity contribution >= 4 is 58.1 Å². The van der Waals surface area contributed by atoms with Crippen molar-refractivity contribution in [2.45, 2.75) is 68.6 Å². The van der Waals surface area contributed by atoms with Gasteiger partial charge in [0.05, 0.1) is 40.2 Å². The topological polar surface area (TPSA) is 94.6 Å². The number of nitrogens with zero attached hydrogens (tertiary/aromatic N) is 3. The van der Waals surface area contributed by atoms with Crippen LogP contribution in [0.25, 0.3) is 0 Å². The van der Waals surface area contributed by atoms with Gasteiger partial charge in [-0.05, 0) is 98.1 Å². The molecule has 4 aliphatic heterocycles. The van der Waals surface area contributed by atoms with Crippen LogP contribution in [-0.4, -0.2) is 70.1 Å². The van der Waals surface area contributed by atoms with Gasteiger partial charge in [0.1, 0.15) is 11.3 Å². The number of hydrogen-bond donors (Lipinski definition) is 2. The van der Waals surface area contributed by atoms with E-state index in [2.05, 4.69) is 70.4 Å². The molecule has 3 saturated heterocycles. The highest BCUT2D eigenvalue weighted by molar-refractivity contribution is 9.10. The highest BCUT2D eigenvalue weighted by atomic mass is 79.9. The van der Waals surface area contributed by atoms with Crippen LogP contribution in [0.5, 0.6) is 5.75 Å². The third kappa shape index (κ3) is 5.82. The van der Waals surface area contributed by atoms with Crippen LogP contribution in [0.15, 0.2) is 102 Å². The lowest BCUT2D eigenvalue weighted by Crippen LogP contribution is -2.55. The number of amides is 2. The number of aliphatic hydroxyl groups is 1. The second-order valence-electron chi connectivity index (χ2n) is 15.8. The molecule has 8 rings (SSSR count). The van der Waals surface area contributed by atoms with Gasteiger partial charge < -0.3 is 29.7 Å². The first kappa shape index (κ1) is 36.9. The Morgan fingerprint density at radius 3 is 2.30 bits per heavy atom. The summed E-state index contributed by atoms with van der Waals surface area (Å²) in [5, 5.41) is 15.0. The van der Waals surface area contributed by atoms with Crippen LogP contribution in [0.4, 0.5) is 17.1 Å². The molecule has 2 spiro atoms. The average molecular weight is 810 g/mol. The van der Waals surface area contributed by atoms with E-state index in [4.69, 9.17) is 9.47 Å². The van der Waals surface area contributed by atoms with E-state index >= 15 is 4.79 Å². The predicted molar refractivity (Wildman–Crippen MR) is 219 cm³/mol. The number of para-hydroxylation sites is 1. The number of anilines is 3. The number of ether oxygens (including phenoxy) is 2. The minimum atomic E-state index is -2.28. The Morgan fingerprint density at radius 2 is 1.63 bits per heavy atom. The van der Waals surface area contributed by atoms with Gasteiger partial charge in [-0.3, -0.25) is 14.5 Å². The smallest absolute Gasteiger partial charge is 0.264 e. The molecule has 4 aromatic carbocycles. The van der Waals surface area contributed by atoms with Gasteiger partial charge in [0, 0.05) is 33.9 Å². The summed E-state index contributed by atoms with van der Waals surface area (Å²) in [7, 11) is -0.608.